The minimum Gasteiger partial charge on any atom is -0.336 e. The topological polar surface area (TPSA) is 59.0 Å². The van der Waals surface area contributed by atoms with Crippen LogP contribution < -0.4 is 10.6 Å². The van der Waals surface area contributed by atoms with E-state index in [1.165, 1.54) is 6.07 Å². The molecule has 5 nitrogen and oxygen atoms in total. The number of hydrogen-bond donors (Lipinski definition) is 2. The molecule has 2 aromatic rings. The number of rotatable bonds is 4. The van der Waals surface area contributed by atoms with E-state index in [2.05, 4.69) is 15.6 Å². The molecule has 0 radical (unpaired) electrons. The van der Waals surface area contributed by atoms with Crippen LogP contribution in [0.1, 0.15) is 5.56 Å². The lowest BCUT2D eigenvalue weighted by Gasteiger charge is -2.09. The number of imidazole rings is 1. The number of amides is 2. The fourth-order valence-electron chi connectivity index (χ4n) is 1.61. The second kappa shape index (κ2) is 5.99. The molecule has 0 spiro atoms. The molecule has 0 aliphatic heterocycles. The molecule has 1 aromatic carbocycles. The molecule has 0 atom stereocenters. The van der Waals surface area contributed by atoms with Crippen molar-refractivity contribution in [3.63, 3.8) is 0 Å². The first-order valence-corrected chi connectivity index (χ1v) is 5.92. The van der Waals surface area contributed by atoms with Crippen LogP contribution in [0.4, 0.5) is 14.9 Å². The molecule has 0 bridgehead atoms. The van der Waals surface area contributed by atoms with Crippen molar-refractivity contribution < 1.29 is 9.18 Å². The fraction of sp³-hybridized carbons (Fsp3) is 0.231. The van der Waals surface area contributed by atoms with Crippen LogP contribution in [0.5, 0.6) is 0 Å². The van der Waals surface area contributed by atoms with E-state index in [9.17, 15) is 9.18 Å². The summed E-state index contributed by atoms with van der Waals surface area (Å²) in [5, 5.41) is 5.11. The van der Waals surface area contributed by atoms with E-state index in [4.69, 9.17) is 0 Å². The fourth-order valence-corrected chi connectivity index (χ4v) is 1.61. The van der Waals surface area contributed by atoms with Crippen LogP contribution in [-0.4, -0.2) is 22.1 Å². The highest BCUT2D eigenvalue weighted by molar-refractivity contribution is 5.89. The Morgan fingerprint density at radius 2 is 2.32 bits per heavy atom. The molecule has 0 unspecified atom stereocenters. The van der Waals surface area contributed by atoms with Gasteiger partial charge in [-0.05, 0) is 24.6 Å². The van der Waals surface area contributed by atoms with E-state index < -0.39 is 11.8 Å². The van der Waals surface area contributed by atoms with Crippen LogP contribution >= 0.6 is 0 Å². The zero-order valence-electron chi connectivity index (χ0n) is 10.6. The quantitative estimate of drug-likeness (QED) is 0.887. The second-order valence-corrected chi connectivity index (χ2v) is 4.16. The highest BCUT2D eigenvalue weighted by Gasteiger charge is 2.06. The summed E-state index contributed by atoms with van der Waals surface area (Å²) in [4.78, 5) is 15.5. The smallest absolute Gasteiger partial charge is 0.319 e. The van der Waals surface area contributed by atoms with Gasteiger partial charge in [-0.2, -0.15) is 0 Å². The average Bonchev–Trinajstić information content (AvgIpc) is 2.86. The lowest BCUT2D eigenvalue weighted by Crippen LogP contribution is -2.31. The molecule has 0 saturated carbocycles. The maximum Gasteiger partial charge on any atom is 0.319 e. The van der Waals surface area contributed by atoms with Crippen LogP contribution in [0.15, 0.2) is 36.9 Å². The minimum absolute atomic E-state index is 0.172. The first kappa shape index (κ1) is 13.1. The van der Waals surface area contributed by atoms with E-state index in [0.717, 1.165) is 5.56 Å². The van der Waals surface area contributed by atoms with Gasteiger partial charge in [0.25, 0.3) is 0 Å². The van der Waals surface area contributed by atoms with Crippen LogP contribution in [0, 0.1) is 12.7 Å². The van der Waals surface area contributed by atoms with Gasteiger partial charge in [0.05, 0.1) is 12.0 Å². The Morgan fingerprint density at radius 1 is 1.47 bits per heavy atom. The first-order chi connectivity index (χ1) is 9.15. The molecule has 2 N–H and O–H groups in total. The normalized spacial score (nSPS) is 10.2. The van der Waals surface area contributed by atoms with Crippen LogP contribution in [0.25, 0.3) is 0 Å². The van der Waals surface area contributed by atoms with E-state index in [1.54, 1.807) is 37.8 Å². The average molecular weight is 262 g/mol. The summed E-state index contributed by atoms with van der Waals surface area (Å²) in [6, 6.07) is 4.23. The predicted molar refractivity (Wildman–Crippen MR) is 70.4 cm³/mol. The van der Waals surface area contributed by atoms with Gasteiger partial charge in [0.1, 0.15) is 5.82 Å². The number of anilines is 1. The van der Waals surface area contributed by atoms with Gasteiger partial charge >= 0.3 is 6.03 Å². The Labute approximate surface area is 110 Å². The molecule has 6 heteroatoms. The number of carbonyl (C=O) groups excluding carboxylic acids is 1. The van der Waals surface area contributed by atoms with E-state index in [0.29, 0.717) is 13.1 Å². The minimum atomic E-state index is -0.440. The van der Waals surface area contributed by atoms with Crippen molar-refractivity contribution in [1.29, 1.82) is 0 Å². The Morgan fingerprint density at radius 3 is 3.00 bits per heavy atom. The number of aryl methyl sites for hydroxylation is 1. The van der Waals surface area contributed by atoms with Gasteiger partial charge in [0.2, 0.25) is 0 Å². The second-order valence-electron chi connectivity index (χ2n) is 4.16. The Kier molecular flexibility index (Phi) is 4.12. The van der Waals surface area contributed by atoms with E-state index in [-0.39, 0.29) is 5.69 Å². The summed E-state index contributed by atoms with van der Waals surface area (Å²) < 4.78 is 15.3. The number of benzene rings is 1. The summed E-state index contributed by atoms with van der Waals surface area (Å²) in [5.74, 6) is -0.440. The monoisotopic (exact) mass is 262 g/mol. The van der Waals surface area contributed by atoms with Gasteiger partial charge in [0.15, 0.2) is 0 Å². The number of carbonyl (C=O) groups is 1. The van der Waals surface area contributed by atoms with Gasteiger partial charge < -0.3 is 15.2 Å². The van der Waals surface area contributed by atoms with Gasteiger partial charge in [-0.25, -0.2) is 14.2 Å². The number of halogens is 1. The van der Waals surface area contributed by atoms with Crippen molar-refractivity contribution in [2.75, 3.05) is 11.9 Å². The number of urea groups is 1. The van der Waals surface area contributed by atoms with Crippen molar-refractivity contribution in [3.8, 4) is 0 Å². The van der Waals surface area contributed by atoms with E-state index in [1.807, 2.05) is 4.57 Å². The standard InChI is InChI=1S/C13H15FN4O/c1-10-2-3-12(11(14)8-10)17-13(19)16-5-7-18-6-4-15-9-18/h2-4,6,8-9H,5,7H2,1H3,(H2,16,17,19). The number of hydrogen-bond acceptors (Lipinski definition) is 2. The molecule has 2 amide bonds. The Balaban J connectivity index is 1.80. The Hall–Kier alpha value is -2.37. The van der Waals surface area contributed by atoms with Crippen LogP contribution in [0.2, 0.25) is 0 Å². The van der Waals surface area contributed by atoms with E-state index >= 15 is 0 Å². The predicted octanol–water partition coefficient (Wildman–Crippen LogP) is 2.15. The summed E-state index contributed by atoms with van der Waals surface area (Å²) >= 11 is 0. The van der Waals surface area contributed by atoms with Crippen molar-refractivity contribution in [2.24, 2.45) is 0 Å². The molecule has 0 aliphatic rings. The third kappa shape index (κ3) is 3.80. The molecule has 0 fully saturated rings. The summed E-state index contributed by atoms with van der Waals surface area (Å²) in [5.41, 5.74) is 0.981. The maximum absolute atomic E-state index is 13.5. The molecule has 19 heavy (non-hydrogen) atoms. The van der Waals surface area contributed by atoms with Crippen molar-refractivity contribution in [3.05, 3.63) is 48.3 Å². The maximum atomic E-state index is 13.5. The summed E-state index contributed by atoms with van der Waals surface area (Å²) in [6.45, 7) is 2.84. The van der Waals surface area contributed by atoms with Gasteiger partial charge in [-0.1, -0.05) is 6.07 Å². The zero-order valence-corrected chi connectivity index (χ0v) is 10.6. The summed E-state index contributed by atoms with van der Waals surface area (Å²) in [7, 11) is 0. The number of nitrogens with zero attached hydrogens (tertiary/aromatic N) is 2. The van der Waals surface area contributed by atoms with Crippen LogP contribution in [-0.2, 0) is 6.54 Å². The Bertz CT molecular complexity index is 554. The first-order valence-electron chi connectivity index (χ1n) is 5.92. The zero-order chi connectivity index (χ0) is 13.7. The third-order valence-corrected chi connectivity index (χ3v) is 2.59. The van der Waals surface area contributed by atoms with Crippen LogP contribution in [0.3, 0.4) is 0 Å². The molecule has 2 rings (SSSR count). The molecule has 1 heterocycles. The summed E-state index contributed by atoms with van der Waals surface area (Å²) in [6.07, 6.45) is 5.14. The van der Waals surface area contributed by atoms with Gasteiger partial charge in [-0.15, -0.1) is 0 Å². The lowest BCUT2D eigenvalue weighted by molar-refractivity contribution is 0.251. The molecule has 100 valence electrons. The number of aromatic nitrogens is 2. The lowest BCUT2D eigenvalue weighted by atomic mass is 10.2. The molecular weight excluding hydrogens is 247 g/mol. The highest BCUT2D eigenvalue weighted by Crippen LogP contribution is 2.14. The SMILES string of the molecule is Cc1ccc(NC(=O)NCCn2ccnc2)c(F)c1. The number of nitrogens with one attached hydrogen (secondary N) is 2. The largest absolute Gasteiger partial charge is 0.336 e. The van der Waals surface area contributed by atoms with Crippen molar-refractivity contribution in [2.45, 2.75) is 13.5 Å². The van der Waals surface area contributed by atoms with Crippen molar-refractivity contribution >= 4 is 11.7 Å². The molecule has 0 aliphatic carbocycles. The molecule has 1 aromatic heterocycles. The molecular formula is C13H15FN4O. The highest BCUT2D eigenvalue weighted by atomic mass is 19.1. The van der Waals surface area contributed by atoms with Gasteiger partial charge in [-0.3, -0.25) is 0 Å². The van der Waals surface area contributed by atoms with Gasteiger partial charge in [0, 0.05) is 25.5 Å². The van der Waals surface area contributed by atoms with Crippen molar-refractivity contribution in [1.82, 2.24) is 14.9 Å². The third-order valence-electron chi connectivity index (χ3n) is 2.59. The molecule has 0 saturated heterocycles.